The SMILES string of the molecule is Cc1nn(CCC2CCNCC2)c(=O)c(N)c1-c1cc(-c2ccccc2)n[nH]1. The highest BCUT2D eigenvalue weighted by Gasteiger charge is 2.18. The highest BCUT2D eigenvalue weighted by Crippen LogP contribution is 2.28. The average molecular weight is 378 g/mol. The topological polar surface area (TPSA) is 102 Å². The molecule has 4 rings (SSSR count). The van der Waals surface area contributed by atoms with Crippen LogP contribution in [-0.2, 0) is 6.54 Å². The molecule has 1 aromatic carbocycles. The molecule has 0 aliphatic carbocycles. The number of hydrogen-bond donors (Lipinski definition) is 3. The summed E-state index contributed by atoms with van der Waals surface area (Å²) in [5.41, 5.74) is 10.1. The normalized spacial score (nSPS) is 15.0. The summed E-state index contributed by atoms with van der Waals surface area (Å²) in [5, 5.41) is 15.3. The van der Waals surface area contributed by atoms with E-state index in [-0.39, 0.29) is 11.2 Å². The molecule has 1 saturated heterocycles. The molecule has 0 radical (unpaired) electrons. The van der Waals surface area contributed by atoms with Gasteiger partial charge >= 0.3 is 0 Å². The molecule has 1 fully saturated rings. The van der Waals surface area contributed by atoms with E-state index in [2.05, 4.69) is 20.6 Å². The summed E-state index contributed by atoms with van der Waals surface area (Å²) in [5.74, 6) is 0.636. The number of rotatable bonds is 5. The Bertz CT molecular complexity index is 1000. The van der Waals surface area contributed by atoms with Crippen molar-refractivity contribution in [3.05, 3.63) is 52.4 Å². The maximum absolute atomic E-state index is 12.8. The predicted molar refractivity (Wildman–Crippen MR) is 111 cm³/mol. The lowest BCUT2D eigenvalue weighted by atomic mass is 9.95. The van der Waals surface area contributed by atoms with Gasteiger partial charge in [-0.2, -0.15) is 10.2 Å². The molecular formula is C21H26N6O. The number of benzene rings is 1. The van der Waals surface area contributed by atoms with Gasteiger partial charge in [-0.05, 0) is 51.3 Å². The summed E-state index contributed by atoms with van der Waals surface area (Å²) in [6.07, 6.45) is 3.25. The lowest BCUT2D eigenvalue weighted by Crippen LogP contribution is -2.31. The van der Waals surface area contributed by atoms with Gasteiger partial charge in [-0.1, -0.05) is 30.3 Å². The Hall–Kier alpha value is -2.93. The number of H-pyrrole nitrogens is 1. The van der Waals surface area contributed by atoms with Crippen molar-refractivity contribution in [3.63, 3.8) is 0 Å². The van der Waals surface area contributed by atoms with Gasteiger partial charge in [0.15, 0.2) is 0 Å². The first-order valence-electron chi connectivity index (χ1n) is 9.82. The maximum atomic E-state index is 12.8. The number of piperidine rings is 1. The van der Waals surface area contributed by atoms with Crippen LogP contribution in [0.4, 0.5) is 5.69 Å². The van der Waals surface area contributed by atoms with Gasteiger partial charge < -0.3 is 11.1 Å². The van der Waals surface area contributed by atoms with E-state index < -0.39 is 0 Å². The molecule has 2 aromatic heterocycles. The molecule has 0 amide bonds. The van der Waals surface area contributed by atoms with Crippen LogP contribution in [0.1, 0.15) is 25.0 Å². The molecule has 3 heterocycles. The molecule has 146 valence electrons. The molecule has 1 aliphatic heterocycles. The standard InChI is InChI=1S/C21H26N6O/c1-14-19(18-13-17(24-25-18)16-5-3-2-4-6-16)20(22)21(28)27(26-14)12-9-15-7-10-23-11-8-15/h2-6,13,15,23H,7-12,22H2,1H3,(H,24,25). The number of nitrogens with zero attached hydrogens (tertiary/aromatic N) is 3. The molecule has 7 heteroatoms. The highest BCUT2D eigenvalue weighted by atomic mass is 16.1. The maximum Gasteiger partial charge on any atom is 0.290 e. The lowest BCUT2D eigenvalue weighted by Gasteiger charge is -2.22. The van der Waals surface area contributed by atoms with E-state index in [1.807, 2.05) is 43.3 Å². The Labute approximate surface area is 164 Å². The molecule has 4 N–H and O–H groups in total. The smallest absolute Gasteiger partial charge is 0.290 e. The van der Waals surface area contributed by atoms with E-state index in [1.54, 1.807) is 0 Å². The largest absolute Gasteiger partial charge is 0.394 e. The van der Waals surface area contributed by atoms with Gasteiger partial charge in [0.2, 0.25) is 0 Å². The number of nitrogen functional groups attached to an aromatic ring is 1. The molecule has 0 spiro atoms. The zero-order chi connectivity index (χ0) is 19.5. The van der Waals surface area contributed by atoms with E-state index in [4.69, 9.17) is 5.73 Å². The van der Waals surface area contributed by atoms with Crippen LogP contribution in [0, 0.1) is 12.8 Å². The average Bonchev–Trinajstić information content (AvgIpc) is 3.21. The lowest BCUT2D eigenvalue weighted by molar-refractivity contribution is 0.329. The molecule has 0 bridgehead atoms. The minimum atomic E-state index is -0.231. The van der Waals surface area contributed by atoms with Crippen LogP contribution in [-0.4, -0.2) is 33.1 Å². The van der Waals surface area contributed by atoms with Crippen molar-refractivity contribution in [1.82, 2.24) is 25.3 Å². The van der Waals surface area contributed by atoms with Gasteiger partial charge in [0.1, 0.15) is 5.69 Å². The first-order valence-corrected chi connectivity index (χ1v) is 9.82. The van der Waals surface area contributed by atoms with Gasteiger partial charge in [0.05, 0.1) is 22.6 Å². The van der Waals surface area contributed by atoms with E-state index >= 15 is 0 Å². The molecule has 0 atom stereocenters. The summed E-state index contributed by atoms with van der Waals surface area (Å²) in [6.45, 7) is 4.59. The Balaban J connectivity index is 1.59. The van der Waals surface area contributed by atoms with Crippen molar-refractivity contribution in [2.45, 2.75) is 32.7 Å². The fourth-order valence-electron chi connectivity index (χ4n) is 3.89. The molecule has 3 aromatic rings. The highest BCUT2D eigenvalue weighted by molar-refractivity contribution is 5.77. The van der Waals surface area contributed by atoms with E-state index in [1.165, 1.54) is 4.68 Å². The summed E-state index contributed by atoms with van der Waals surface area (Å²) >= 11 is 0. The zero-order valence-electron chi connectivity index (χ0n) is 16.1. The van der Waals surface area contributed by atoms with Crippen molar-refractivity contribution >= 4 is 5.69 Å². The Morgan fingerprint density at radius 3 is 2.71 bits per heavy atom. The molecule has 0 saturated carbocycles. The molecular weight excluding hydrogens is 352 g/mol. The Morgan fingerprint density at radius 1 is 1.21 bits per heavy atom. The number of aryl methyl sites for hydroxylation is 2. The van der Waals surface area contributed by atoms with Crippen molar-refractivity contribution in [2.24, 2.45) is 5.92 Å². The minimum Gasteiger partial charge on any atom is -0.394 e. The van der Waals surface area contributed by atoms with Crippen LogP contribution in [0.3, 0.4) is 0 Å². The Morgan fingerprint density at radius 2 is 1.96 bits per heavy atom. The third kappa shape index (κ3) is 3.71. The second-order valence-electron chi connectivity index (χ2n) is 7.42. The molecule has 1 aliphatic rings. The van der Waals surface area contributed by atoms with Crippen molar-refractivity contribution in [1.29, 1.82) is 0 Å². The van der Waals surface area contributed by atoms with Crippen LogP contribution in [0.25, 0.3) is 22.5 Å². The van der Waals surface area contributed by atoms with E-state index in [0.29, 0.717) is 23.7 Å². The number of hydrogen-bond acceptors (Lipinski definition) is 5. The van der Waals surface area contributed by atoms with Crippen LogP contribution in [0.2, 0.25) is 0 Å². The number of nitrogens with two attached hydrogens (primary N) is 1. The van der Waals surface area contributed by atoms with Gasteiger partial charge in [-0.15, -0.1) is 0 Å². The summed E-state index contributed by atoms with van der Waals surface area (Å²) < 4.78 is 1.52. The van der Waals surface area contributed by atoms with Gasteiger partial charge in [0, 0.05) is 12.1 Å². The Kier molecular flexibility index (Phi) is 5.25. The third-order valence-electron chi connectivity index (χ3n) is 5.49. The van der Waals surface area contributed by atoms with Crippen LogP contribution >= 0.6 is 0 Å². The third-order valence-corrected chi connectivity index (χ3v) is 5.49. The first-order chi connectivity index (χ1) is 13.6. The van der Waals surface area contributed by atoms with Crippen molar-refractivity contribution in [3.8, 4) is 22.5 Å². The number of aromatic nitrogens is 4. The first kappa shape index (κ1) is 18.4. The van der Waals surface area contributed by atoms with Gasteiger partial charge in [-0.25, -0.2) is 4.68 Å². The molecule has 0 unspecified atom stereocenters. The quantitative estimate of drug-likeness (QED) is 0.633. The summed E-state index contributed by atoms with van der Waals surface area (Å²) in [7, 11) is 0. The molecule has 28 heavy (non-hydrogen) atoms. The van der Waals surface area contributed by atoms with Crippen LogP contribution in [0.5, 0.6) is 0 Å². The van der Waals surface area contributed by atoms with Gasteiger partial charge in [0.25, 0.3) is 5.56 Å². The fraction of sp³-hybridized carbons (Fsp3) is 0.381. The fourth-order valence-corrected chi connectivity index (χ4v) is 3.89. The van der Waals surface area contributed by atoms with Crippen LogP contribution in [0.15, 0.2) is 41.2 Å². The number of aromatic amines is 1. The second kappa shape index (κ2) is 7.98. The van der Waals surface area contributed by atoms with Gasteiger partial charge in [-0.3, -0.25) is 9.89 Å². The molecule has 7 nitrogen and oxygen atoms in total. The predicted octanol–water partition coefficient (Wildman–Crippen LogP) is 2.58. The van der Waals surface area contributed by atoms with Crippen molar-refractivity contribution < 1.29 is 0 Å². The van der Waals surface area contributed by atoms with Crippen LogP contribution < -0.4 is 16.6 Å². The monoisotopic (exact) mass is 378 g/mol. The zero-order valence-corrected chi connectivity index (χ0v) is 16.1. The number of nitrogens with one attached hydrogen (secondary N) is 2. The minimum absolute atomic E-state index is 0.223. The summed E-state index contributed by atoms with van der Waals surface area (Å²) in [4.78, 5) is 12.8. The van der Waals surface area contributed by atoms with Crippen molar-refractivity contribution in [2.75, 3.05) is 18.8 Å². The van der Waals surface area contributed by atoms with E-state index in [0.717, 1.165) is 49.3 Å². The van der Waals surface area contributed by atoms with E-state index in [9.17, 15) is 4.79 Å². The number of anilines is 1. The second-order valence-corrected chi connectivity index (χ2v) is 7.42. The summed E-state index contributed by atoms with van der Waals surface area (Å²) in [6, 6.07) is 11.8.